The van der Waals surface area contributed by atoms with Crippen LogP contribution in [-0.2, 0) is 11.2 Å². The van der Waals surface area contributed by atoms with Crippen LogP contribution < -0.4 is 0 Å². The molecule has 6 nitrogen and oxygen atoms in total. The number of carbonyl (C=O) groups excluding carboxylic acids is 1. The summed E-state index contributed by atoms with van der Waals surface area (Å²) in [5.41, 5.74) is 1.43. The molecule has 2 aromatic heterocycles. The Bertz CT molecular complexity index is 793. The molecule has 4 rings (SSSR count). The van der Waals surface area contributed by atoms with E-state index in [0.29, 0.717) is 12.2 Å². The van der Waals surface area contributed by atoms with Crippen molar-refractivity contribution in [3.8, 4) is 0 Å². The van der Waals surface area contributed by atoms with E-state index in [1.807, 2.05) is 46.1 Å². The number of aromatic nitrogens is 3. The molecule has 1 aliphatic heterocycles. The largest absolute Gasteiger partial charge is 0.356 e. The lowest BCUT2D eigenvalue weighted by atomic mass is 10.1. The lowest BCUT2D eigenvalue weighted by Crippen LogP contribution is -2.30. The maximum Gasteiger partial charge on any atom is 0.228 e. The third-order valence-corrected chi connectivity index (χ3v) is 4.19. The molecule has 1 aromatic carbocycles. The fraction of sp³-hybridized carbons (Fsp3) is 0.312. The maximum atomic E-state index is 12.5. The van der Waals surface area contributed by atoms with Gasteiger partial charge in [0.05, 0.1) is 12.5 Å². The predicted octanol–water partition coefficient (Wildman–Crippen LogP) is 2.04. The van der Waals surface area contributed by atoms with Crippen LogP contribution in [0.3, 0.4) is 0 Å². The number of likely N-dealkylation sites (tertiary alicyclic amines) is 1. The Hall–Kier alpha value is -2.63. The van der Waals surface area contributed by atoms with Crippen molar-refractivity contribution in [2.24, 2.45) is 0 Å². The van der Waals surface area contributed by atoms with Crippen molar-refractivity contribution < 1.29 is 9.32 Å². The highest BCUT2D eigenvalue weighted by atomic mass is 16.5. The number of rotatable bonds is 3. The number of carbonyl (C=O) groups is 1. The van der Waals surface area contributed by atoms with Gasteiger partial charge in [-0.2, -0.15) is 5.10 Å². The van der Waals surface area contributed by atoms with E-state index in [1.54, 1.807) is 6.20 Å². The van der Waals surface area contributed by atoms with Gasteiger partial charge in [0, 0.05) is 30.9 Å². The minimum absolute atomic E-state index is 0.0914. The maximum absolute atomic E-state index is 12.5. The highest BCUT2D eigenvalue weighted by molar-refractivity contribution is 5.86. The standard InChI is InChI=1S/C16H16N4O2/c21-16(10-14-13-4-1-2-5-15(13)22-18-14)19-9-6-12(11-19)20-8-3-7-17-20/h1-5,7-8,12H,6,9-11H2. The summed E-state index contributed by atoms with van der Waals surface area (Å²) in [5, 5.41) is 9.21. The number of fused-ring (bicyclic) bond motifs is 1. The number of hydrogen-bond donors (Lipinski definition) is 0. The predicted molar refractivity (Wildman–Crippen MR) is 80.2 cm³/mol. The van der Waals surface area contributed by atoms with E-state index in [0.717, 1.165) is 23.9 Å². The van der Waals surface area contributed by atoms with Crippen molar-refractivity contribution in [2.45, 2.75) is 18.9 Å². The van der Waals surface area contributed by atoms with E-state index in [9.17, 15) is 4.79 Å². The van der Waals surface area contributed by atoms with Gasteiger partial charge in [0.2, 0.25) is 5.91 Å². The van der Waals surface area contributed by atoms with Crippen molar-refractivity contribution in [3.05, 3.63) is 48.4 Å². The highest BCUT2D eigenvalue weighted by Gasteiger charge is 2.28. The van der Waals surface area contributed by atoms with Gasteiger partial charge in [-0.05, 0) is 24.6 Å². The third kappa shape index (κ3) is 2.26. The van der Waals surface area contributed by atoms with Crippen LogP contribution in [0.1, 0.15) is 18.2 Å². The van der Waals surface area contributed by atoms with Gasteiger partial charge in [0.25, 0.3) is 0 Å². The molecular formula is C16H16N4O2. The molecule has 1 fully saturated rings. The number of benzene rings is 1. The number of hydrogen-bond acceptors (Lipinski definition) is 4. The van der Waals surface area contributed by atoms with Gasteiger partial charge >= 0.3 is 0 Å². The van der Waals surface area contributed by atoms with Crippen LogP contribution >= 0.6 is 0 Å². The van der Waals surface area contributed by atoms with Crippen molar-refractivity contribution in [2.75, 3.05) is 13.1 Å². The van der Waals surface area contributed by atoms with Crippen LogP contribution in [0.5, 0.6) is 0 Å². The molecule has 1 atom stereocenters. The van der Waals surface area contributed by atoms with Crippen molar-refractivity contribution in [1.82, 2.24) is 19.8 Å². The zero-order valence-electron chi connectivity index (χ0n) is 12.1. The summed E-state index contributed by atoms with van der Waals surface area (Å²) in [5.74, 6) is 0.0914. The summed E-state index contributed by atoms with van der Waals surface area (Å²) in [6.45, 7) is 1.47. The Morgan fingerprint density at radius 2 is 2.23 bits per heavy atom. The molecule has 0 bridgehead atoms. The zero-order valence-corrected chi connectivity index (χ0v) is 12.1. The molecule has 1 amide bonds. The van der Waals surface area contributed by atoms with Crippen LogP contribution in [-0.4, -0.2) is 38.8 Å². The first-order valence-corrected chi connectivity index (χ1v) is 7.41. The molecule has 3 heterocycles. The molecule has 22 heavy (non-hydrogen) atoms. The van der Waals surface area contributed by atoms with Gasteiger partial charge in [0.15, 0.2) is 5.58 Å². The number of nitrogens with zero attached hydrogens (tertiary/aromatic N) is 4. The third-order valence-electron chi connectivity index (χ3n) is 4.19. The summed E-state index contributed by atoms with van der Waals surface area (Å²) >= 11 is 0. The van der Waals surface area contributed by atoms with Gasteiger partial charge in [-0.3, -0.25) is 9.48 Å². The first-order valence-electron chi connectivity index (χ1n) is 7.41. The molecular weight excluding hydrogens is 280 g/mol. The Balaban J connectivity index is 1.47. The second-order valence-electron chi connectivity index (χ2n) is 5.57. The van der Waals surface area contributed by atoms with E-state index in [4.69, 9.17) is 4.52 Å². The molecule has 1 saturated heterocycles. The second-order valence-corrected chi connectivity index (χ2v) is 5.57. The first kappa shape index (κ1) is 13.1. The molecule has 0 radical (unpaired) electrons. The number of amides is 1. The van der Waals surface area contributed by atoms with E-state index in [2.05, 4.69) is 10.3 Å². The van der Waals surface area contributed by atoms with Crippen molar-refractivity contribution in [3.63, 3.8) is 0 Å². The second kappa shape index (κ2) is 5.29. The molecule has 6 heteroatoms. The first-order chi connectivity index (χ1) is 10.8. The van der Waals surface area contributed by atoms with E-state index < -0.39 is 0 Å². The normalized spacial score (nSPS) is 18.2. The average molecular weight is 296 g/mol. The Morgan fingerprint density at radius 1 is 1.32 bits per heavy atom. The molecule has 0 saturated carbocycles. The van der Waals surface area contributed by atoms with E-state index in [1.165, 1.54) is 0 Å². The summed E-state index contributed by atoms with van der Waals surface area (Å²) in [7, 11) is 0. The fourth-order valence-electron chi connectivity index (χ4n) is 3.00. The smallest absolute Gasteiger partial charge is 0.228 e. The van der Waals surface area contributed by atoms with Crippen LogP contribution in [0, 0.1) is 0 Å². The van der Waals surface area contributed by atoms with Gasteiger partial charge in [-0.1, -0.05) is 17.3 Å². The van der Waals surface area contributed by atoms with Crippen LogP contribution in [0.4, 0.5) is 0 Å². The van der Waals surface area contributed by atoms with E-state index in [-0.39, 0.29) is 18.4 Å². The highest BCUT2D eigenvalue weighted by Crippen LogP contribution is 2.23. The minimum Gasteiger partial charge on any atom is -0.356 e. The summed E-state index contributed by atoms with van der Waals surface area (Å²) in [6.07, 6.45) is 4.94. The molecule has 112 valence electrons. The monoisotopic (exact) mass is 296 g/mol. The molecule has 0 N–H and O–H groups in total. The average Bonchev–Trinajstić information content (AvgIpc) is 3.28. The lowest BCUT2D eigenvalue weighted by molar-refractivity contribution is -0.129. The van der Waals surface area contributed by atoms with Gasteiger partial charge < -0.3 is 9.42 Å². The van der Waals surface area contributed by atoms with Gasteiger partial charge in [-0.25, -0.2) is 0 Å². The van der Waals surface area contributed by atoms with Crippen LogP contribution in [0.15, 0.2) is 47.2 Å². The molecule has 3 aromatic rings. The SMILES string of the molecule is O=C(Cc1noc2ccccc12)N1CCC(n2cccn2)C1. The zero-order chi connectivity index (χ0) is 14.9. The van der Waals surface area contributed by atoms with Gasteiger partial charge in [-0.15, -0.1) is 0 Å². The van der Waals surface area contributed by atoms with Crippen molar-refractivity contribution >= 4 is 16.9 Å². The molecule has 1 unspecified atom stereocenters. The van der Waals surface area contributed by atoms with Crippen LogP contribution in [0.25, 0.3) is 11.0 Å². The Morgan fingerprint density at radius 3 is 3.09 bits per heavy atom. The van der Waals surface area contributed by atoms with Gasteiger partial charge in [0.1, 0.15) is 5.69 Å². The topological polar surface area (TPSA) is 64.2 Å². The number of para-hydroxylation sites is 1. The Labute approximate surface area is 127 Å². The molecule has 1 aliphatic rings. The molecule has 0 spiro atoms. The lowest BCUT2D eigenvalue weighted by Gasteiger charge is -2.16. The fourth-order valence-corrected chi connectivity index (χ4v) is 3.00. The summed E-state index contributed by atoms with van der Waals surface area (Å²) < 4.78 is 7.19. The quantitative estimate of drug-likeness (QED) is 0.742. The summed E-state index contributed by atoms with van der Waals surface area (Å²) in [6, 6.07) is 9.80. The Kier molecular flexibility index (Phi) is 3.14. The summed E-state index contributed by atoms with van der Waals surface area (Å²) in [4.78, 5) is 14.4. The van der Waals surface area contributed by atoms with Crippen LogP contribution in [0.2, 0.25) is 0 Å². The van der Waals surface area contributed by atoms with Crippen molar-refractivity contribution in [1.29, 1.82) is 0 Å². The van der Waals surface area contributed by atoms with E-state index >= 15 is 0 Å². The molecule has 0 aliphatic carbocycles. The minimum atomic E-state index is 0.0914.